The molecule has 0 aliphatic heterocycles. The minimum atomic E-state index is -0.256. The third-order valence-corrected chi connectivity index (χ3v) is 4.80. The molecule has 1 N–H and O–H groups in total. The van der Waals surface area contributed by atoms with E-state index in [-0.39, 0.29) is 6.03 Å². The summed E-state index contributed by atoms with van der Waals surface area (Å²) in [5.41, 5.74) is 1.61. The van der Waals surface area contributed by atoms with E-state index in [1.54, 1.807) is 43.6 Å². The molecular formula is C21H21BrN2O4. The molecule has 146 valence electrons. The van der Waals surface area contributed by atoms with Gasteiger partial charge in [-0.15, -0.1) is 0 Å². The summed E-state index contributed by atoms with van der Waals surface area (Å²) in [4.78, 5) is 14.7. The summed E-state index contributed by atoms with van der Waals surface area (Å²) in [5, 5.41) is 2.93. The van der Waals surface area contributed by atoms with Crippen LogP contribution in [0.5, 0.6) is 11.5 Å². The molecule has 6 nitrogen and oxygen atoms in total. The van der Waals surface area contributed by atoms with Crippen LogP contribution in [0.3, 0.4) is 0 Å². The van der Waals surface area contributed by atoms with Crippen LogP contribution in [0.25, 0.3) is 0 Å². The van der Waals surface area contributed by atoms with Crippen molar-refractivity contribution in [2.75, 3.05) is 19.5 Å². The maximum Gasteiger partial charge on any atom is 0.322 e. The predicted molar refractivity (Wildman–Crippen MR) is 111 cm³/mol. The molecule has 0 fully saturated rings. The van der Waals surface area contributed by atoms with Gasteiger partial charge in [0.2, 0.25) is 0 Å². The third-order valence-electron chi connectivity index (χ3n) is 4.15. The number of nitrogens with zero attached hydrogens (tertiary/aromatic N) is 1. The molecule has 0 saturated carbocycles. The second-order valence-electron chi connectivity index (χ2n) is 6.04. The quantitative estimate of drug-likeness (QED) is 0.537. The summed E-state index contributed by atoms with van der Waals surface area (Å²) in [5.74, 6) is 1.81. The Morgan fingerprint density at radius 1 is 1.04 bits per heavy atom. The van der Waals surface area contributed by atoms with Gasteiger partial charge in [-0.05, 0) is 33.6 Å². The van der Waals surface area contributed by atoms with E-state index in [9.17, 15) is 4.79 Å². The lowest BCUT2D eigenvalue weighted by molar-refractivity contribution is 0.201. The summed E-state index contributed by atoms with van der Waals surface area (Å²) in [6.45, 7) is 0.789. The standard InChI is InChI=1S/C21H21BrN2O4/c1-26-19-11-17(22)18(12-20(19)27-2)23-21(25)24(14-16-9-6-10-28-16)13-15-7-4-3-5-8-15/h3-12H,13-14H2,1-2H3,(H,23,25). The Kier molecular flexibility index (Phi) is 6.60. The lowest BCUT2D eigenvalue weighted by Crippen LogP contribution is -2.34. The van der Waals surface area contributed by atoms with Gasteiger partial charge in [0, 0.05) is 23.2 Å². The monoisotopic (exact) mass is 444 g/mol. The van der Waals surface area contributed by atoms with Crippen LogP contribution in [0.4, 0.5) is 10.5 Å². The van der Waals surface area contributed by atoms with Crippen molar-refractivity contribution in [3.8, 4) is 11.5 Å². The first-order chi connectivity index (χ1) is 13.6. The molecule has 3 rings (SSSR count). The molecule has 2 amide bonds. The minimum Gasteiger partial charge on any atom is -0.493 e. The molecular weight excluding hydrogens is 424 g/mol. The van der Waals surface area contributed by atoms with E-state index < -0.39 is 0 Å². The van der Waals surface area contributed by atoms with Crippen LogP contribution in [-0.4, -0.2) is 25.2 Å². The number of urea groups is 1. The number of amides is 2. The third kappa shape index (κ3) is 4.86. The number of furan rings is 1. The van der Waals surface area contributed by atoms with E-state index in [1.165, 1.54) is 0 Å². The lowest BCUT2D eigenvalue weighted by atomic mass is 10.2. The second-order valence-corrected chi connectivity index (χ2v) is 6.89. The Balaban J connectivity index is 1.82. The van der Waals surface area contributed by atoms with Gasteiger partial charge in [0.05, 0.1) is 32.7 Å². The van der Waals surface area contributed by atoms with Crippen molar-refractivity contribution in [2.24, 2.45) is 0 Å². The molecule has 0 aliphatic rings. The number of carbonyl (C=O) groups excluding carboxylic acids is 1. The molecule has 1 aromatic heterocycles. The summed E-state index contributed by atoms with van der Waals surface area (Å²) in [6, 6.07) is 16.7. The molecule has 0 spiro atoms. The van der Waals surface area contributed by atoms with Gasteiger partial charge in [-0.3, -0.25) is 0 Å². The molecule has 3 aromatic rings. The molecule has 7 heteroatoms. The first-order valence-corrected chi connectivity index (χ1v) is 9.43. The largest absolute Gasteiger partial charge is 0.493 e. The van der Waals surface area contributed by atoms with Crippen LogP contribution in [0.15, 0.2) is 69.8 Å². The van der Waals surface area contributed by atoms with E-state index in [4.69, 9.17) is 13.9 Å². The number of rotatable bonds is 7. The van der Waals surface area contributed by atoms with Gasteiger partial charge in [0.1, 0.15) is 5.76 Å². The highest BCUT2D eigenvalue weighted by Crippen LogP contribution is 2.36. The Morgan fingerprint density at radius 2 is 1.75 bits per heavy atom. The molecule has 0 bridgehead atoms. The van der Waals surface area contributed by atoms with Crippen LogP contribution in [0.2, 0.25) is 0 Å². The number of halogens is 1. The zero-order chi connectivity index (χ0) is 19.9. The first kappa shape index (κ1) is 19.8. The second kappa shape index (κ2) is 9.32. The average Bonchev–Trinajstić information content (AvgIpc) is 3.22. The number of carbonyl (C=O) groups is 1. The molecule has 0 atom stereocenters. The first-order valence-electron chi connectivity index (χ1n) is 8.64. The van der Waals surface area contributed by atoms with Crippen LogP contribution in [0.1, 0.15) is 11.3 Å². The minimum absolute atomic E-state index is 0.256. The Hall–Kier alpha value is -2.93. The zero-order valence-corrected chi connectivity index (χ0v) is 17.2. The fourth-order valence-corrected chi connectivity index (χ4v) is 3.16. The number of benzene rings is 2. The average molecular weight is 445 g/mol. The Labute approximate surface area is 172 Å². The SMILES string of the molecule is COc1cc(Br)c(NC(=O)N(Cc2ccccc2)Cc2ccco2)cc1OC. The number of ether oxygens (including phenoxy) is 2. The van der Waals surface area contributed by atoms with Crippen molar-refractivity contribution in [1.82, 2.24) is 4.90 Å². The number of hydrogen-bond acceptors (Lipinski definition) is 4. The highest BCUT2D eigenvalue weighted by atomic mass is 79.9. The van der Waals surface area contributed by atoms with E-state index in [0.717, 1.165) is 5.56 Å². The Bertz CT molecular complexity index is 914. The summed E-state index contributed by atoms with van der Waals surface area (Å²) in [6.07, 6.45) is 1.60. The van der Waals surface area contributed by atoms with Crippen molar-refractivity contribution >= 4 is 27.6 Å². The van der Waals surface area contributed by atoms with Crippen molar-refractivity contribution in [1.29, 1.82) is 0 Å². The van der Waals surface area contributed by atoms with E-state index >= 15 is 0 Å². The van der Waals surface area contributed by atoms with Gasteiger partial charge in [0.25, 0.3) is 0 Å². The highest BCUT2D eigenvalue weighted by Gasteiger charge is 2.18. The predicted octanol–water partition coefficient (Wildman–Crippen LogP) is 5.29. The topological polar surface area (TPSA) is 63.9 Å². The van der Waals surface area contributed by atoms with Crippen LogP contribution >= 0.6 is 15.9 Å². The molecule has 0 aliphatic carbocycles. The normalized spacial score (nSPS) is 10.4. The molecule has 1 heterocycles. The smallest absolute Gasteiger partial charge is 0.322 e. The van der Waals surface area contributed by atoms with Crippen molar-refractivity contribution in [3.05, 3.63) is 76.7 Å². The zero-order valence-electron chi connectivity index (χ0n) is 15.6. The van der Waals surface area contributed by atoms with Gasteiger partial charge >= 0.3 is 6.03 Å². The van der Waals surface area contributed by atoms with Crippen LogP contribution < -0.4 is 14.8 Å². The number of nitrogens with one attached hydrogen (secondary N) is 1. The van der Waals surface area contributed by atoms with E-state index in [1.807, 2.05) is 36.4 Å². The fourth-order valence-electron chi connectivity index (χ4n) is 2.74. The van der Waals surface area contributed by atoms with Crippen LogP contribution in [-0.2, 0) is 13.1 Å². The van der Waals surface area contributed by atoms with Gasteiger partial charge in [-0.1, -0.05) is 30.3 Å². The maximum atomic E-state index is 13.0. The maximum absolute atomic E-state index is 13.0. The molecule has 2 aromatic carbocycles. The van der Waals surface area contributed by atoms with Crippen molar-refractivity contribution in [3.63, 3.8) is 0 Å². The van der Waals surface area contributed by atoms with Gasteiger partial charge in [-0.25, -0.2) is 4.79 Å². The summed E-state index contributed by atoms with van der Waals surface area (Å²) < 4.78 is 16.7. The van der Waals surface area contributed by atoms with Gasteiger partial charge in [-0.2, -0.15) is 0 Å². The Morgan fingerprint density at radius 3 is 2.39 bits per heavy atom. The summed E-state index contributed by atoms with van der Waals surface area (Å²) in [7, 11) is 3.11. The fraction of sp³-hybridized carbons (Fsp3) is 0.190. The van der Waals surface area contributed by atoms with Gasteiger partial charge < -0.3 is 24.1 Å². The summed E-state index contributed by atoms with van der Waals surface area (Å²) >= 11 is 3.47. The molecule has 0 saturated heterocycles. The number of methoxy groups -OCH3 is 2. The lowest BCUT2D eigenvalue weighted by Gasteiger charge is -2.23. The molecule has 0 radical (unpaired) electrons. The van der Waals surface area contributed by atoms with E-state index in [0.29, 0.717) is 40.5 Å². The highest BCUT2D eigenvalue weighted by molar-refractivity contribution is 9.10. The number of hydrogen-bond donors (Lipinski definition) is 1. The van der Waals surface area contributed by atoms with Gasteiger partial charge in [0.15, 0.2) is 11.5 Å². The van der Waals surface area contributed by atoms with Crippen molar-refractivity contribution in [2.45, 2.75) is 13.1 Å². The van der Waals surface area contributed by atoms with E-state index in [2.05, 4.69) is 21.2 Å². The number of anilines is 1. The molecule has 28 heavy (non-hydrogen) atoms. The molecule has 0 unspecified atom stereocenters. The van der Waals surface area contributed by atoms with Crippen molar-refractivity contribution < 1.29 is 18.7 Å². The van der Waals surface area contributed by atoms with Crippen LogP contribution in [0, 0.1) is 0 Å².